The highest BCUT2D eigenvalue weighted by molar-refractivity contribution is 5.76. The first-order valence-electron chi connectivity index (χ1n) is 10.2. The van der Waals surface area contributed by atoms with Gasteiger partial charge < -0.3 is 28.6 Å². The molecule has 0 saturated carbocycles. The number of hydrogen-bond donors (Lipinski definition) is 0. The zero-order valence-electron chi connectivity index (χ0n) is 17.9. The van der Waals surface area contributed by atoms with Crippen LogP contribution in [0.5, 0.6) is 11.5 Å². The molecule has 8 heteroatoms. The van der Waals surface area contributed by atoms with Gasteiger partial charge in [0, 0.05) is 26.1 Å². The van der Waals surface area contributed by atoms with Gasteiger partial charge in [0.2, 0.25) is 0 Å². The molecule has 0 saturated heterocycles. The molecule has 0 radical (unpaired) electrons. The van der Waals surface area contributed by atoms with Crippen LogP contribution in [-0.4, -0.2) is 56.3 Å². The van der Waals surface area contributed by atoms with E-state index >= 15 is 0 Å². The van der Waals surface area contributed by atoms with Crippen molar-refractivity contribution in [3.05, 3.63) is 59.7 Å². The van der Waals surface area contributed by atoms with Crippen LogP contribution in [0.15, 0.2) is 53.5 Å². The Balaban J connectivity index is 1.60. The Morgan fingerprint density at radius 2 is 2.03 bits per heavy atom. The number of aliphatic imine (C=N–C) groups is 1. The molecule has 0 fully saturated rings. The molecule has 0 aliphatic carbocycles. The van der Waals surface area contributed by atoms with Crippen LogP contribution < -0.4 is 9.47 Å². The van der Waals surface area contributed by atoms with Crippen LogP contribution in [0.2, 0.25) is 0 Å². The first-order valence-corrected chi connectivity index (χ1v) is 10.2. The molecule has 164 valence electrons. The number of ether oxygens (including phenoxy) is 5. The molecule has 0 spiro atoms. The molecule has 0 N–H and O–H groups in total. The highest BCUT2D eigenvalue weighted by Gasteiger charge is 2.53. The van der Waals surface area contributed by atoms with Crippen LogP contribution in [0, 0.1) is 0 Å². The molecule has 4 rings (SSSR count). The smallest absolute Gasteiger partial charge is 0.497 e. The number of hydrogen-bond acceptors (Lipinski definition) is 8. The Kier molecular flexibility index (Phi) is 5.88. The standard InChI is InChI=1S/C23H26N2O6/c1-4-28-22(26)29-15-23-20(12-17-10-11-18(27-3)13-19(17)31-23)30-21(24-23)25(2)14-16-8-6-5-7-9-16/h5-11,13,20H,4,12,14-15H2,1-3H3/t20-,23+/m0/s1. The van der Waals surface area contributed by atoms with Crippen molar-refractivity contribution in [2.45, 2.75) is 31.7 Å². The first-order chi connectivity index (χ1) is 15.0. The molecule has 0 aromatic heterocycles. The normalized spacial score (nSPS) is 21.0. The van der Waals surface area contributed by atoms with E-state index in [-0.39, 0.29) is 13.2 Å². The van der Waals surface area contributed by atoms with Gasteiger partial charge in [-0.3, -0.25) is 0 Å². The van der Waals surface area contributed by atoms with Crippen molar-refractivity contribution in [3.8, 4) is 11.5 Å². The molecule has 2 aromatic carbocycles. The Morgan fingerprint density at radius 1 is 1.23 bits per heavy atom. The summed E-state index contributed by atoms with van der Waals surface area (Å²) >= 11 is 0. The lowest BCUT2D eigenvalue weighted by atomic mass is 9.95. The van der Waals surface area contributed by atoms with Crippen LogP contribution >= 0.6 is 0 Å². The van der Waals surface area contributed by atoms with E-state index in [9.17, 15) is 4.79 Å². The molecule has 2 aliphatic heterocycles. The molecule has 0 amide bonds. The minimum atomic E-state index is -1.20. The quantitative estimate of drug-likeness (QED) is 0.655. The van der Waals surface area contributed by atoms with Gasteiger partial charge in [-0.15, -0.1) is 0 Å². The second-order valence-corrected chi connectivity index (χ2v) is 7.44. The van der Waals surface area contributed by atoms with Crippen LogP contribution in [0.4, 0.5) is 4.79 Å². The Bertz CT molecular complexity index is 964. The predicted octanol–water partition coefficient (Wildman–Crippen LogP) is 3.39. The zero-order chi connectivity index (χ0) is 21.8. The second-order valence-electron chi connectivity index (χ2n) is 7.44. The predicted molar refractivity (Wildman–Crippen MR) is 113 cm³/mol. The topological polar surface area (TPSA) is 78.8 Å². The number of methoxy groups -OCH3 is 1. The summed E-state index contributed by atoms with van der Waals surface area (Å²) in [4.78, 5) is 18.5. The maximum Gasteiger partial charge on any atom is 0.508 e. The molecule has 2 aliphatic rings. The molecular formula is C23H26N2O6. The summed E-state index contributed by atoms with van der Waals surface area (Å²) in [5.74, 6) is 1.30. The number of benzene rings is 2. The fraction of sp³-hybridized carbons (Fsp3) is 0.391. The summed E-state index contributed by atoms with van der Waals surface area (Å²) in [5, 5.41) is 0. The maximum atomic E-state index is 11.9. The summed E-state index contributed by atoms with van der Waals surface area (Å²) in [5.41, 5.74) is 0.892. The Labute approximate surface area is 181 Å². The molecule has 0 bridgehead atoms. The van der Waals surface area contributed by atoms with Gasteiger partial charge in [-0.25, -0.2) is 4.79 Å². The fourth-order valence-corrected chi connectivity index (χ4v) is 3.66. The number of fused-ring (bicyclic) bond motifs is 2. The van der Waals surface area contributed by atoms with Gasteiger partial charge in [0.05, 0.1) is 13.7 Å². The molecule has 8 nitrogen and oxygen atoms in total. The monoisotopic (exact) mass is 426 g/mol. The van der Waals surface area contributed by atoms with Crippen LogP contribution in [0.1, 0.15) is 18.1 Å². The molecule has 2 heterocycles. The van der Waals surface area contributed by atoms with Crippen LogP contribution in [0.3, 0.4) is 0 Å². The van der Waals surface area contributed by atoms with E-state index in [1.807, 2.05) is 54.4 Å². The SMILES string of the molecule is CCOC(=O)OC[C@]12N=C(N(C)Cc3ccccc3)O[C@H]1Cc1ccc(OC)cc1O2. The largest absolute Gasteiger partial charge is 0.508 e. The maximum absolute atomic E-state index is 11.9. The third-order valence-corrected chi connectivity index (χ3v) is 5.25. The van der Waals surface area contributed by atoms with E-state index in [1.54, 1.807) is 20.1 Å². The number of carbonyl (C=O) groups excluding carboxylic acids is 1. The van der Waals surface area contributed by atoms with E-state index in [0.29, 0.717) is 30.5 Å². The van der Waals surface area contributed by atoms with Crippen molar-refractivity contribution in [2.75, 3.05) is 27.4 Å². The van der Waals surface area contributed by atoms with Crippen LogP contribution in [0.25, 0.3) is 0 Å². The van der Waals surface area contributed by atoms with Crippen molar-refractivity contribution in [1.82, 2.24) is 4.90 Å². The third-order valence-electron chi connectivity index (χ3n) is 5.25. The van der Waals surface area contributed by atoms with Crippen molar-refractivity contribution in [1.29, 1.82) is 0 Å². The molecule has 2 atom stereocenters. The van der Waals surface area contributed by atoms with Gasteiger partial charge in [0.1, 0.15) is 11.5 Å². The minimum absolute atomic E-state index is 0.129. The summed E-state index contributed by atoms with van der Waals surface area (Å²) < 4.78 is 28.0. The second kappa shape index (κ2) is 8.75. The summed E-state index contributed by atoms with van der Waals surface area (Å²) in [7, 11) is 3.50. The van der Waals surface area contributed by atoms with E-state index in [4.69, 9.17) is 28.7 Å². The van der Waals surface area contributed by atoms with Gasteiger partial charge in [-0.05, 0) is 24.1 Å². The van der Waals surface area contributed by atoms with E-state index < -0.39 is 18.0 Å². The average Bonchev–Trinajstić information content (AvgIpc) is 3.15. The molecule has 31 heavy (non-hydrogen) atoms. The third kappa shape index (κ3) is 4.38. The lowest BCUT2D eigenvalue weighted by Crippen LogP contribution is -2.51. The lowest BCUT2D eigenvalue weighted by molar-refractivity contribution is -0.0765. The van der Waals surface area contributed by atoms with Gasteiger partial charge in [0.25, 0.3) is 11.7 Å². The Hall–Kier alpha value is -3.42. The zero-order valence-corrected chi connectivity index (χ0v) is 17.9. The van der Waals surface area contributed by atoms with E-state index in [1.165, 1.54) is 0 Å². The van der Waals surface area contributed by atoms with Crippen molar-refractivity contribution in [2.24, 2.45) is 4.99 Å². The van der Waals surface area contributed by atoms with Gasteiger partial charge in [-0.1, -0.05) is 36.4 Å². The van der Waals surface area contributed by atoms with Gasteiger partial charge in [-0.2, -0.15) is 4.99 Å². The summed E-state index contributed by atoms with van der Waals surface area (Å²) in [6.45, 7) is 2.42. The summed E-state index contributed by atoms with van der Waals surface area (Å²) in [6, 6.07) is 16.1. The van der Waals surface area contributed by atoms with Crippen molar-refractivity contribution in [3.63, 3.8) is 0 Å². The van der Waals surface area contributed by atoms with E-state index in [0.717, 1.165) is 11.1 Å². The highest BCUT2D eigenvalue weighted by atomic mass is 16.7. The Morgan fingerprint density at radius 3 is 2.77 bits per heavy atom. The lowest BCUT2D eigenvalue weighted by Gasteiger charge is -2.36. The van der Waals surface area contributed by atoms with Gasteiger partial charge in [0.15, 0.2) is 12.7 Å². The fourth-order valence-electron chi connectivity index (χ4n) is 3.66. The number of rotatable bonds is 6. The van der Waals surface area contributed by atoms with Crippen molar-refractivity contribution < 1.29 is 28.5 Å². The highest BCUT2D eigenvalue weighted by Crippen LogP contribution is 2.41. The molecule has 0 unspecified atom stereocenters. The summed E-state index contributed by atoms with van der Waals surface area (Å²) in [6.07, 6.45) is -0.662. The number of carbonyl (C=O) groups is 1. The van der Waals surface area contributed by atoms with Crippen molar-refractivity contribution >= 4 is 12.2 Å². The molecular weight excluding hydrogens is 400 g/mol. The number of amidine groups is 1. The average molecular weight is 426 g/mol. The minimum Gasteiger partial charge on any atom is -0.497 e. The number of nitrogens with zero attached hydrogens (tertiary/aromatic N) is 2. The van der Waals surface area contributed by atoms with E-state index in [2.05, 4.69) is 0 Å². The van der Waals surface area contributed by atoms with Gasteiger partial charge >= 0.3 is 6.16 Å². The van der Waals surface area contributed by atoms with Crippen LogP contribution in [-0.2, 0) is 27.2 Å². The molecule has 2 aromatic rings. The first kappa shape index (κ1) is 20.8.